The summed E-state index contributed by atoms with van der Waals surface area (Å²) in [7, 11) is 2.78. The molecule has 1 unspecified atom stereocenters. The number of ether oxygens (including phenoxy) is 6. The molecule has 6 rings (SSSR count). The summed E-state index contributed by atoms with van der Waals surface area (Å²) >= 11 is 0. The van der Waals surface area contributed by atoms with Gasteiger partial charge in [0.15, 0.2) is 23.2 Å². The van der Waals surface area contributed by atoms with Crippen molar-refractivity contribution < 1.29 is 43.1 Å². The lowest BCUT2D eigenvalue weighted by Crippen LogP contribution is -2.49. The van der Waals surface area contributed by atoms with E-state index in [1.165, 1.54) is 7.11 Å². The molecule has 1 aliphatic carbocycles. The van der Waals surface area contributed by atoms with Gasteiger partial charge in [-0.15, -0.1) is 0 Å². The number of nitrogens with zero attached hydrogens (tertiary/aromatic N) is 1. The number of hydrogen-bond acceptors (Lipinski definition) is 10. The molecule has 10 heteroatoms. The Kier molecular flexibility index (Phi) is 8.66. The highest BCUT2D eigenvalue weighted by Crippen LogP contribution is 2.55. The quantitative estimate of drug-likeness (QED) is 0.231. The normalized spacial score (nSPS) is 24.9. The van der Waals surface area contributed by atoms with Gasteiger partial charge in [0.05, 0.1) is 45.3 Å². The van der Waals surface area contributed by atoms with E-state index in [4.69, 9.17) is 28.4 Å². The first-order valence-electron chi connectivity index (χ1n) is 15.1. The van der Waals surface area contributed by atoms with Gasteiger partial charge in [-0.2, -0.15) is 0 Å². The van der Waals surface area contributed by atoms with Gasteiger partial charge in [0.1, 0.15) is 5.76 Å². The van der Waals surface area contributed by atoms with Crippen molar-refractivity contribution in [2.24, 2.45) is 0 Å². The Morgan fingerprint density at radius 2 is 1.91 bits per heavy atom. The van der Waals surface area contributed by atoms with E-state index < -0.39 is 35.6 Å². The number of carbonyl (C=O) groups is 2. The standard InChI is InChI=1S/C34H39NO9/c1-39-28-19-33-12-8-14-35(33)15-11-24-17-26-27(43-22-42-26)18-25(24)30(33)31(28)44-32(37)34(38,20-29(36)40-2)13-6-7-16-41-21-23-9-4-3-5-10-23/h3-7,9-10,17-19,30-31,38H,8,11-16,20-22H2,1-2H3/b7-6+/t30-,31?,33+,34-/m1/s1. The second-order valence-corrected chi connectivity index (χ2v) is 11.8. The number of carbonyl (C=O) groups excluding carboxylic acids is 2. The number of methoxy groups -OCH3 is 2. The van der Waals surface area contributed by atoms with Gasteiger partial charge in [-0.3, -0.25) is 9.69 Å². The van der Waals surface area contributed by atoms with Gasteiger partial charge in [0, 0.05) is 13.0 Å². The minimum Gasteiger partial charge on any atom is -0.497 e. The molecule has 3 aliphatic heterocycles. The number of aliphatic hydroxyl groups is 1. The van der Waals surface area contributed by atoms with Gasteiger partial charge in [-0.25, -0.2) is 4.79 Å². The molecule has 0 amide bonds. The summed E-state index contributed by atoms with van der Waals surface area (Å²) in [6.07, 6.45) is 6.55. The van der Waals surface area contributed by atoms with Gasteiger partial charge in [-0.05, 0) is 60.7 Å². The molecule has 4 atom stereocenters. The van der Waals surface area contributed by atoms with Crippen LogP contribution in [0.4, 0.5) is 0 Å². The summed E-state index contributed by atoms with van der Waals surface area (Å²) in [5.41, 5.74) is 0.559. The lowest BCUT2D eigenvalue weighted by molar-refractivity contribution is -0.177. The van der Waals surface area contributed by atoms with Gasteiger partial charge in [0.2, 0.25) is 6.79 Å². The molecule has 2 aromatic carbocycles. The minimum atomic E-state index is -2.16. The topological polar surface area (TPSA) is 113 Å². The molecule has 1 spiro atoms. The van der Waals surface area contributed by atoms with Crippen LogP contribution < -0.4 is 9.47 Å². The Morgan fingerprint density at radius 1 is 1.11 bits per heavy atom. The highest BCUT2D eigenvalue weighted by Gasteiger charge is 2.59. The maximum absolute atomic E-state index is 13.9. The first kappa shape index (κ1) is 30.2. The van der Waals surface area contributed by atoms with Crippen molar-refractivity contribution >= 4 is 11.9 Å². The zero-order valence-electron chi connectivity index (χ0n) is 25.2. The Bertz CT molecular complexity index is 1440. The van der Waals surface area contributed by atoms with Crippen molar-refractivity contribution in [3.8, 4) is 11.5 Å². The molecule has 234 valence electrons. The zero-order valence-corrected chi connectivity index (χ0v) is 25.2. The average Bonchev–Trinajstić information content (AvgIpc) is 3.72. The van der Waals surface area contributed by atoms with Crippen molar-refractivity contribution in [2.45, 2.75) is 61.9 Å². The molecule has 1 fully saturated rings. The van der Waals surface area contributed by atoms with E-state index in [1.54, 1.807) is 19.3 Å². The Balaban J connectivity index is 1.24. The molecule has 10 nitrogen and oxygen atoms in total. The third-order valence-corrected chi connectivity index (χ3v) is 9.19. The molecule has 2 aromatic rings. The number of esters is 2. The number of hydrogen-bond donors (Lipinski definition) is 1. The van der Waals surface area contributed by atoms with Crippen LogP contribution >= 0.6 is 0 Å². The fourth-order valence-corrected chi connectivity index (χ4v) is 7.02. The van der Waals surface area contributed by atoms with Crippen molar-refractivity contribution in [3.05, 3.63) is 83.1 Å². The van der Waals surface area contributed by atoms with Gasteiger partial charge in [0.25, 0.3) is 0 Å². The monoisotopic (exact) mass is 605 g/mol. The Labute approximate surface area is 257 Å². The SMILES string of the molecule is COC(=O)C[C@](O)(C/C=C/COCc1ccccc1)C(=O)OC1C(OC)=C[C@]23CCCN2CCc2cc4c(cc2[C@H]13)OCO4. The molecule has 0 radical (unpaired) electrons. The maximum atomic E-state index is 13.9. The average molecular weight is 606 g/mol. The van der Waals surface area contributed by atoms with E-state index >= 15 is 0 Å². The fourth-order valence-electron chi connectivity index (χ4n) is 7.02. The van der Waals surface area contributed by atoms with Crippen LogP contribution in [-0.4, -0.2) is 79.9 Å². The third kappa shape index (κ3) is 5.69. The molecule has 0 saturated carbocycles. The van der Waals surface area contributed by atoms with Gasteiger partial charge in [-0.1, -0.05) is 42.5 Å². The molecular weight excluding hydrogens is 566 g/mol. The summed E-state index contributed by atoms with van der Waals surface area (Å²) in [5, 5.41) is 11.6. The predicted molar refractivity (Wildman–Crippen MR) is 159 cm³/mol. The van der Waals surface area contributed by atoms with Gasteiger partial charge < -0.3 is 33.5 Å². The summed E-state index contributed by atoms with van der Waals surface area (Å²) in [4.78, 5) is 28.7. The first-order valence-corrected chi connectivity index (χ1v) is 15.1. The molecule has 0 aromatic heterocycles. The minimum absolute atomic E-state index is 0.158. The zero-order chi connectivity index (χ0) is 30.7. The largest absolute Gasteiger partial charge is 0.497 e. The maximum Gasteiger partial charge on any atom is 0.339 e. The molecular formula is C34H39NO9. The predicted octanol–water partition coefficient (Wildman–Crippen LogP) is 3.80. The van der Waals surface area contributed by atoms with Crippen molar-refractivity contribution in [2.75, 3.05) is 40.7 Å². The first-order chi connectivity index (χ1) is 21.4. The van der Waals surface area contributed by atoms with Crippen molar-refractivity contribution in [1.82, 2.24) is 4.90 Å². The second-order valence-electron chi connectivity index (χ2n) is 11.8. The number of fused-ring (bicyclic) bond motifs is 3. The highest BCUT2D eigenvalue weighted by atomic mass is 16.7. The highest BCUT2D eigenvalue weighted by molar-refractivity contribution is 5.86. The fraction of sp³-hybridized carbons (Fsp3) is 0.471. The van der Waals surface area contributed by atoms with Crippen molar-refractivity contribution in [3.63, 3.8) is 0 Å². The van der Waals surface area contributed by atoms with Crippen LogP contribution in [0.25, 0.3) is 0 Å². The Hall–Kier alpha value is -3.86. The smallest absolute Gasteiger partial charge is 0.339 e. The van der Waals surface area contributed by atoms with E-state index in [9.17, 15) is 14.7 Å². The summed E-state index contributed by atoms with van der Waals surface area (Å²) in [6, 6.07) is 13.8. The van der Waals surface area contributed by atoms with Crippen LogP contribution in [0.2, 0.25) is 0 Å². The molecule has 1 N–H and O–H groups in total. The second kappa shape index (κ2) is 12.6. The Morgan fingerprint density at radius 3 is 2.68 bits per heavy atom. The van der Waals surface area contributed by atoms with E-state index in [-0.39, 0.29) is 25.7 Å². The van der Waals surface area contributed by atoms with Crippen LogP contribution in [0.15, 0.2) is 66.5 Å². The number of rotatable bonds is 11. The van der Waals surface area contributed by atoms with Crippen LogP contribution in [0, 0.1) is 0 Å². The van der Waals surface area contributed by atoms with Crippen molar-refractivity contribution in [1.29, 1.82) is 0 Å². The van der Waals surface area contributed by atoms with E-state index in [2.05, 4.69) is 11.0 Å². The lowest BCUT2D eigenvalue weighted by atomic mass is 9.77. The lowest BCUT2D eigenvalue weighted by Gasteiger charge is -2.39. The van der Waals surface area contributed by atoms with Crippen LogP contribution in [0.3, 0.4) is 0 Å². The summed E-state index contributed by atoms with van der Waals surface area (Å²) < 4.78 is 34.0. The van der Waals surface area contributed by atoms with E-state index in [0.717, 1.165) is 49.0 Å². The number of benzene rings is 2. The third-order valence-electron chi connectivity index (χ3n) is 9.19. The summed E-state index contributed by atoms with van der Waals surface area (Å²) in [6.45, 7) is 2.60. The van der Waals surface area contributed by atoms with E-state index in [0.29, 0.717) is 23.9 Å². The molecule has 1 saturated heterocycles. The van der Waals surface area contributed by atoms with Crippen LogP contribution in [-0.2, 0) is 41.6 Å². The molecule has 0 bridgehead atoms. The van der Waals surface area contributed by atoms with E-state index in [1.807, 2.05) is 42.5 Å². The van der Waals surface area contributed by atoms with Gasteiger partial charge >= 0.3 is 11.9 Å². The molecule has 3 heterocycles. The molecule has 44 heavy (non-hydrogen) atoms. The van der Waals surface area contributed by atoms with Crippen LogP contribution in [0.5, 0.6) is 11.5 Å². The molecule has 4 aliphatic rings. The van der Waals surface area contributed by atoms with Crippen LogP contribution in [0.1, 0.15) is 48.3 Å². The summed E-state index contributed by atoms with van der Waals surface area (Å²) in [5.74, 6) is -0.0652.